The molecule has 0 radical (unpaired) electrons. The molecule has 0 aliphatic rings. The smallest absolute Gasteiger partial charge is 0.229 e. The quantitative estimate of drug-likeness (QED) is 0.893. The van der Waals surface area contributed by atoms with Crippen molar-refractivity contribution in [2.75, 3.05) is 18.5 Å². The molecule has 1 aromatic heterocycles. The van der Waals surface area contributed by atoms with Crippen LogP contribution in [0.3, 0.4) is 0 Å². The number of aromatic nitrogens is 2. The van der Waals surface area contributed by atoms with Crippen molar-refractivity contribution >= 4 is 11.6 Å². The fourth-order valence-corrected chi connectivity index (χ4v) is 1.84. The van der Waals surface area contributed by atoms with E-state index in [0.29, 0.717) is 0 Å². The highest BCUT2D eigenvalue weighted by Gasteiger charge is 2.08. The Balaban J connectivity index is 2.20. The normalized spacial score (nSPS) is 10.5. The van der Waals surface area contributed by atoms with Gasteiger partial charge in [0.05, 0.1) is 0 Å². The fraction of sp³-hybridized carbons (Fsp3) is 0.333. The minimum Gasteiger partial charge on any atom is -0.314 e. The Morgan fingerprint density at radius 1 is 1.21 bits per heavy atom. The maximum absolute atomic E-state index is 4.58. The van der Waals surface area contributed by atoms with Crippen LogP contribution in [0.15, 0.2) is 36.5 Å². The van der Waals surface area contributed by atoms with Gasteiger partial charge in [-0.3, -0.25) is 0 Å². The maximum atomic E-state index is 4.58. The lowest BCUT2D eigenvalue weighted by atomic mass is 10.2. The highest BCUT2D eigenvalue weighted by Crippen LogP contribution is 2.19. The largest absolute Gasteiger partial charge is 0.314 e. The standard InChI is InChI=1S/C15H20N4/c1-4-16-10-13-11-17-15(18-12(13)2)19(3)14-8-6-5-7-9-14/h5-9,11,16H,4,10H2,1-3H3. The molecule has 0 fully saturated rings. The van der Waals surface area contributed by atoms with E-state index in [1.807, 2.05) is 55.4 Å². The average molecular weight is 256 g/mol. The van der Waals surface area contributed by atoms with E-state index in [0.717, 1.165) is 36.0 Å². The third-order valence-electron chi connectivity index (χ3n) is 3.08. The first-order chi connectivity index (χ1) is 9.22. The zero-order chi connectivity index (χ0) is 13.7. The lowest BCUT2D eigenvalue weighted by molar-refractivity contribution is 0.715. The second-order valence-corrected chi connectivity index (χ2v) is 4.46. The Labute approximate surface area is 114 Å². The molecule has 1 N–H and O–H groups in total. The number of para-hydroxylation sites is 1. The molecule has 19 heavy (non-hydrogen) atoms. The first-order valence-corrected chi connectivity index (χ1v) is 6.54. The summed E-state index contributed by atoms with van der Waals surface area (Å²) in [4.78, 5) is 11.0. The van der Waals surface area contributed by atoms with Crippen LogP contribution < -0.4 is 10.2 Å². The van der Waals surface area contributed by atoms with Crippen molar-refractivity contribution in [2.45, 2.75) is 20.4 Å². The summed E-state index contributed by atoms with van der Waals surface area (Å²) >= 11 is 0. The lowest BCUT2D eigenvalue weighted by Crippen LogP contribution is -2.17. The molecule has 2 aromatic rings. The Kier molecular flexibility index (Phi) is 4.47. The minimum absolute atomic E-state index is 0.726. The van der Waals surface area contributed by atoms with Crippen LogP contribution in [0.1, 0.15) is 18.2 Å². The molecule has 100 valence electrons. The van der Waals surface area contributed by atoms with Gasteiger partial charge in [-0.25, -0.2) is 9.97 Å². The molecule has 0 spiro atoms. The molecular weight excluding hydrogens is 236 g/mol. The molecule has 4 heteroatoms. The molecule has 0 unspecified atom stereocenters. The Hall–Kier alpha value is -1.94. The highest BCUT2D eigenvalue weighted by atomic mass is 15.2. The summed E-state index contributed by atoms with van der Waals surface area (Å²) in [5, 5.41) is 3.29. The second kappa shape index (κ2) is 6.29. The molecule has 0 atom stereocenters. The van der Waals surface area contributed by atoms with E-state index in [4.69, 9.17) is 0 Å². The Morgan fingerprint density at radius 3 is 2.58 bits per heavy atom. The summed E-state index contributed by atoms with van der Waals surface area (Å²) < 4.78 is 0. The van der Waals surface area contributed by atoms with Crippen LogP contribution in [0.25, 0.3) is 0 Å². The third kappa shape index (κ3) is 3.29. The number of hydrogen-bond acceptors (Lipinski definition) is 4. The van der Waals surface area contributed by atoms with Gasteiger partial charge >= 0.3 is 0 Å². The zero-order valence-electron chi connectivity index (χ0n) is 11.7. The van der Waals surface area contributed by atoms with E-state index in [1.54, 1.807) is 0 Å². The van der Waals surface area contributed by atoms with Gasteiger partial charge in [-0.05, 0) is 25.6 Å². The number of aryl methyl sites for hydroxylation is 1. The van der Waals surface area contributed by atoms with Crippen molar-refractivity contribution in [3.05, 3.63) is 47.8 Å². The minimum atomic E-state index is 0.726. The van der Waals surface area contributed by atoms with Crippen LogP contribution in [0.4, 0.5) is 11.6 Å². The summed E-state index contributed by atoms with van der Waals surface area (Å²) in [6.45, 7) is 5.88. The SMILES string of the molecule is CCNCc1cnc(N(C)c2ccccc2)nc1C. The summed E-state index contributed by atoms with van der Waals surface area (Å²) in [6.07, 6.45) is 1.90. The fourth-order valence-electron chi connectivity index (χ4n) is 1.84. The number of nitrogens with zero attached hydrogens (tertiary/aromatic N) is 3. The second-order valence-electron chi connectivity index (χ2n) is 4.46. The van der Waals surface area contributed by atoms with Crippen molar-refractivity contribution in [3.8, 4) is 0 Å². The van der Waals surface area contributed by atoms with Gasteiger partial charge in [-0.2, -0.15) is 0 Å². The van der Waals surface area contributed by atoms with Gasteiger partial charge < -0.3 is 10.2 Å². The van der Waals surface area contributed by atoms with Crippen LogP contribution in [0, 0.1) is 6.92 Å². The van der Waals surface area contributed by atoms with Gasteiger partial charge in [0, 0.05) is 36.7 Å². The summed E-state index contributed by atoms with van der Waals surface area (Å²) in [7, 11) is 1.98. The van der Waals surface area contributed by atoms with Gasteiger partial charge in [-0.15, -0.1) is 0 Å². The summed E-state index contributed by atoms with van der Waals surface area (Å²) in [5.41, 5.74) is 3.25. The molecule has 0 aliphatic carbocycles. The molecule has 0 saturated heterocycles. The van der Waals surface area contributed by atoms with Crippen LogP contribution in [0.2, 0.25) is 0 Å². The molecular formula is C15H20N4. The van der Waals surface area contributed by atoms with Gasteiger partial charge in [0.2, 0.25) is 5.95 Å². The third-order valence-corrected chi connectivity index (χ3v) is 3.08. The van der Waals surface area contributed by atoms with E-state index >= 15 is 0 Å². The molecule has 0 bridgehead atoms. The monoisotopic (exact) mass is 256 g/mol. The maximum Gasteiger partial charge on any atom is 0.229 e. The number of rotatable bonds is 5. The topological polar surface area (TPSA) is 41.1 Å². The van der Waals surface area contributed by atoms with Crippen molar-refractivity contribution in [3.63, 3.8) is 0 Å². The Morgan fingerprint density at radius 2 is 1.95 bits per heavy atom. The Bertz CT molecular complexity index is 525. The molecule has 0 saturated carbocycles. The highest BCUT2D eigenvalue weighted by molar-refractivity contribution is 5.55. The summed E-state index contributed by atoms with van der Waals surface area (Å²) in [6, 6.07) is 10.1. The van der Waals surface area contributed by atoms with E-state index in [1.165, 1.54) is 0 Å². The lowest BCUT2D eigenvalue weighted by Gasteiger charge is -2.18. The van der Waals surface area contributed by atoms with Crippen LogP contribution in [-0.2, 0) is 6.54 Å². The van der Waals surface area contributed by atoms with E-state index < -0.39 is 0 Å². The van der Waals surface area contributed by atoms with Crippen LogP contribution in [0.5, 0.6) is 0 Å². The van der Waals surface area contributed by atoms with E-state index in [-0.39, 0.29) is 0 Å². The van der Waals surface area contributed by atoms with Crippen molar-refractivity contribution in [1.82, 2.24) is 15.3 Å². The molecule has 0 aliphatic heterocycles. The van der Waals surface area contributed by atoms with Crippen molar-refractivity contribution in [1.29, 1.82) is 0 Å². The van der Waals surface area contributed by atoms with Crippen LogP contribution >= 0.6 is 0 Å². The van der Waals surface area contributed by atoms with E-state index in [9.17, 15) is 0 Å². The molecule has 2 rings (SSSR count). The van der Waals surface area contributed by atoms with Gasteiger partial charge in [0.25, 0.3) is 0 Å². The van der Waals surface area contributed by atoms with Gasteiger partial charge in [0.1, 0.15) is 0 Å². The number of anilines is 2. The molecule has 4 nitrogen and oxygen atoms in total. The zero-order valence-corrected chi connectivity index (χ0v) is 11.7. The number of nitrogens with one attached hydrogen (secondary N) is 1. The average Bonchev–Trinajstić information content (AvgIpc) is 2.46. The van der Waals surface area contributed by atoms with Crippen molar-refractivity contribution < 1.29 is 0 Å². The first-order valence-electron chi connectivity index (χ1n) is 6.54. The summed E-state index contributed by atoms with van der Waals surface area (Å²) in [5.74, 6) is 0.726. The van der Waals surface area contributed by atoms with Gasteiger partial charge in [-0.1, -0.05) is 25.1 Å². The van der Waals surface area contributed by atoms with E-state index in [2.05, 4.69) is 22.2 Å². The predicted octanol–water partition coefficient (Wildman–Crippen LogP) is 2.66. The molecule has 1 aromatic carbocycles. The number of hydrogen-bond donors (Lipinski definition) is 1. The first kappa shape index (κ1) is 13.5. The molecule has 1 heterocycles. The van der Waals surface area contributed by atoms with Gasteiger partial charge in [0.15, 0.2) is 0 Å². The molecule has 0 amide bonds. The predicted molar refractivity (Wildman–Crippen MR) is 78.7 cm³/mol. The van der Waals surface area contributed by atoms with Crippen LogP contribution in [-0.4, -0.2) is 23.6 Å². The van der Waals surface area contributed by atoms with Crippen molar-refractivity contribution in [2.24, 2.45) is 0 Å². The number of benzene rings is 1.